The summed E-state index contributed by atoms with van der Waals surface area (Å²) in [6.07, 6.45) is 3.05. The zero-order valence-corrected chi connectivity index (χ0v) is 9.79. The van der Waals surface area contributed by atoms with Crippen LogP contribution in [0.15, 0.2) is 11.6 Å². The van der Waals surface area contributed by atoms with Gasteiger partial charge in [-0.25, -0.2) is 0 Å². The van der Waals surface area contributed by atoms with E-state index in [1.807, 2.05) is 0 Å². The lowest BCUT2D eigenvalue weighted by molar-refractivity contribution is 0.0972. The normalized spacial score (nSPS) is 22.5. The minimum Gasteiger partial charge on any atom is -0.375 e. The van der Waals surface area contributed by atoms with Crippen molar-refractivity contribution in [2.24, 2.45) is 0 Å². The first-order valence-corrected chi connectivity index (χ1v) is 5.68. The molecule has 0 saturated carbocycles. The number of ketones is 2. The Morgan fingerprint density at radius 2 is 2.18 bits per heavy atom. The van der Waals surface area contributed by atoms with E-state index >= 15 is 0 Å². The van der Waals surface area contributed by atoms with Gasteiger partial charge in [-0.3, -0.25) is 9.59 Å². The second-order valence-corrected chi connectivity index (χ2v) is 4.55. The van der Waals surface area contributed by atoms with Crippen molar-refractivity contribution in [1.29, 1.82) is 0 Å². The van der Waals surface area contributed by atoms with Gasteiger partial charge in [0.25, 0.3) is 0 Å². The standard InChI is InChI=1S/C13H13NO3/c1-6-5-8(15)12-10(13(6)16)7-3-4-9(17-2)11(7)14-12/h5,9,14H,3-4H2,1-2H3. The molecule has 1 N–H and O–H groups in total. The largest absolute Gasteiger partial charge is 0.375 e. The zero-order chi connectivity index (χ0) is 12.2. The molecule has 0 saturated heterocycles. The van der Waals surface area contributed by atoms with Crippen molar-refractivity contribution < 1.29 is 14.3 Å². The zero-order valence-electron chi connectivity index (χ0n) is 9.79. The van der Waals surface area contributed by atoms with Crippen LogP contribution in [-0.2, 0) is 11.2 Å². The van der Waals surface area contributed by atoms with Crippen molar-refractivity contribution in [1.82, 2.24) is 4.98 Å². The number of fused-ring (bicyclic) bond motifs is 3. The van der Waals surface area contributed by atoms with Gasteiger partial charge >= 0.3 is 0 Å². The molecule has 17 heavy (non-hydrogen) atoms. The summed E-state index contributed by atoms with van der Waals surface area (Å²) in [5, 5.41) is 0. The van der Waals surface area contributed by atoms with Gasteiger partial charge < -0.3 is 9.72 Å². The van der Waals surface area contributed by atoms with Crippen molar-refractivity contribution in [3.63, 3.8) is 0 Å². The fourth-order valence-electron chi connectivity index (χ4n) is 2.72. The minimum absolute atomic E-state index is 0.0171. The van der Waals surface area contributed by atoms with Crippen molar-refractivity contribution in [2.45, 2.75) is 25.9 Å². The summed E-state index contributed by atoms with van der Waals surface area (Å²) in [4.78, 5) is 27.0. The maximum absolute atomic E-state index is 12.1. The summed E-state index contributed by atoms with van der Waals surface area (Å²) < 4.78 is 5.34. The third kappa shape index (κ3) is 1.27. The average Bonchev–Trinajstić information content (AvgIpc) is 2.83. The van der Waals surface area contributed by atoms with Crippen molar-refractivity contribution in [2.75, 3.05) is 7.11 Å². The van der Waals surface area contributed by atoms with Gasteiger partial charge in [-0.1, -0.05) is 0 Å². The number of rotatable bonds is 1. The summed E-state index contributed by atoms with van der Waals surface area (Å²) in [6, 6.07) is 0. The Bertz CT molecular complexity index is 565. The molecule has 4 nitrogen and oxygen atoms in total. The van der Waals surface area contributed by atoms with E-state index < -0.39 is 0 Å². The summed E-state index contributed by atoms with van der Waals surface area (Å²) in [6.45, 7) is 1.69. The van der Waals surface area contributed by atoms with Gasteiger partial charge in [-0.2, -0.15) is 0 Å². The molecule has 1 unspecified atom stereocenters. The molecule has 0 spiro atoms. The van der Waals surface area contributed by atoms with Gasteiger partial charge in [-0.15, -0.1) is 0 Å². The molecule has 2 aliphatic rings. The highest BCUT2D eigenvalue weighted by molar-refractivity contribution is 6.24. The molecule has 3 rings (SSSR count). The number of nitrogens with one attached hydrogen (secondary N) is 1. The highest BCUT2D eigenvalue weighted by atomic mass is 16.5. The molecule has 0 amide bonds. The molecule has 1 atom stereocenters. The quantitative estimate of drug-likeness (QED) is 0.803. The molecule has 0 radical (unpaired) electrons. The van der Waals surface area contributed by atoms with E-state index in [2.05, 4.69) is 4.98 Å². The minimum atomic E-state index is -0.110. The predicted molar refractivity (Wildman–Crippen MR) is 61.3 cm³/mol. The number of carbonyl (C=O) groups is 2. The molecular formula is C13H13NO3. The summed E-state index contributed by atoms with van der Waals surface area (Å²) in [7, 11) is 1.65. The van der Waals surface area contributed by atoms with Crippen LogP contribution in [0.2, 0.25) is 0 Å². The van der Waals surface area contributed by atoms with E-state index in [1.54, 1.807) is 14.0 Å². The number of aromatic amines is 1. The molecular weight excluding hydrogens is 218 g/mol. The smallest absolute Gasteiger partial charge is 0.203 e. The summed E-state index contributed by atoms with van der Waals surface area (Å²) in [5.41, 5.74) is 3.40. The molecule has 2 aliphatic carbocycles. The van der Waals surface area contributed by atoms with Gasteiger partial charge in [0, 0.05) is 18.4 Å². The fourth-order valence-corrected chi connectivity index (χ4v) is 2.72. The molecule has 1 aromatic heterocycles. The van der Waals surface area contributed by atoms with Crippen LogP contribution >= 0.6 is 0 Å². The number of carbonyl (C=O) groups excluding carboxylic acids is 2. The Morgan fingerprint density at radius 3 is 2.88 bits per heavy atom. The third-order valence-electron chi connectivity index (χ3n) is 3.58. The van der Waals surface area contributed by atoms with Gasteiger partial charge in [0.15, 0.2) is 5.78 Å². The van der Waals surface area contributed by atoms with Crippen LogP contribution in [0.5, 0.6) is 0 Å². The van der Waals surface area contributed by atoms with Crippen LogP contribution in [0.25, 0.3) is 0 Å². The first-order valence-electron chi connectivity index (χ1n) is 5.68. The highest BCUT2D eigenvalue weighted by Gasteiger charge is 2.35. The van der Waals surface area contributed by atoms with Crippen LogP contribution in [-0.4, -0.2) is 23.7 Å². The molecule has 0 aromatic carbocycles. The maximum Gasteiger partial charge on any atom is 0.203 e. The fraction of sp³-hybridized carbons (Fsp3) is 0.385. The number of hydrogen-bond donors (Lipinski definition) is 1. The van der Waals surface area contributed by atoms with E-state index in [9.17, 15) is 9.59 Å². The molecule has 0 aliphatic heterocycles. The van der Waals surface area contributed by atoms with Gasteiger partial charge in [0.05, 0.1) is 17.4 Å². The van der Waals surface area contributed by atoms with Crippen LogP contribution < -0.4 is 0 Å². The van der Waals surface area contributed by atoms with Crippen LogP contribution in [0, 0.1) is 0 Å². The van der Waals surface area contributed by atoms with Crippen LogP contribution in [0.3, 0.4) is 0 Å². The Labute approximate surface area is 98.7 Å². The number of ether oxygens (including phenoxy) is 1. The number of methoxy groups -OCH3 is 1. The van der Waals surface area contributed by atoms with Gasteiger partial charge in [0.2, 0.25) is 5.78 Å². The third-order valence-corrected chi connectivity index (χ3v) is 3.58. The van der Waals surface area contributed by atoms with E-state index in [-0.39, 0.29) is 17.7 Å². The Hall–Kier alpha value is -1.68. The number of H-pyrrole nitrogens is 1. The Balaban J connectivity index is 2.21. The molecule has 0 fully saturated rings. The topological polar surface area (TPSA) is 59.2 Å². The van der Waals surface area contributed by atoms with E-state index in [4.69, 9.17) is 4.74 Å². The van der Waals surface area contributed by atoms with Crippen LogP contribution in [0.4, 0.5) is 0 Å². The van der Waals surface area contributed by atoms with Gasteiger partial charge in [-0.05, 0) is 31.4 Å². The predicted octanol–water partition coefficient (Wildman–Crippen LogP) is 1.97. The first-order chi connectivity index (χ1) is 8.13. The van der Waals surface area contributed by atoms with Crippen molar-refractivity contribution >= 4 is 11.6 Å². The van der Waals surface area contributed by atoms with E-state index in [0.29, 0.717) is 16.8 Å². The number of allylic oxidation sites excluding steroid dienone is 2. The molecule has 4 heteroatoms. The lowest BCUT2D eigenvalue weighted by Crippen LogP contribution is -2.15. The SMILES string of the molecule is COC1CCc2c1[nH]c1c2C(=O)C(C)=CC1=O. The number of aromatic nitrogens is 1. The Kier molecular flexibility index (Phi) is 2.10. The van der Waals surface area contributed by atoms with Crippen molar-refractivity contribution in [3.05, 3.63) is 34.2 Å². The number of Topliss-reactive ketones (excluding diaryl/α,β-unsaturated/α-hetero) is 1. The van der Waals surface area contributed by atoms with Crippen LogP contribution in [0.1, 0.15) is 51.6 Å². The highest BCUT2D eigenvalue weighted by Crippen LogP contribution is 2.38. The van der Waals surface area contributed by atoms with Gasteiger partial charge in [0.1, 0.15) is 0 Å². The lowest BCUT2D eigenvalue weighted by Gasteiger charge is -2.10. The first kappa shape index (κ1) is 10.5. The average molecular weight is 231 g/mol. The second-order valence-electron chi connectivity index (χ2n) is 4.55. The molecule has 1 aromatic rings. The monoisotopic (exact) mass is 231 g/mol. The molecule has 88 valence electrons. The molecule has 0 bridgehead atoms. The Morgan fingerprint density at radius 1 is 1.41 bits per heavy atom. The maximum atomic E-state index is 12.1. The number of hydrogen-bond acceptors (Lipinski definition) is 3. The van der Waals surface area contributed by atoms with Crippen molar-refractivity contribution in [3.8, 4) is 0 Å². The summed E-state index contributed by atoms with van der Waals surface area (Å²) >= 11 is 0. The second kappa shape index (κ2) is 3.40. The summed E-state index contributed by atoms with van der Waals surface area (Å²) in [5.74, 6) is -0.143. The van der Waals surface area contributed by atoms with E-state index in [0.717, 1.165) is 24.1 Å². The lowest BCUT2D eigenvalue weighted by atomic mass is 9.92. The molecule has 1 heterocycles. The van der Waals surface area contributed by atoms with E-state index in [1.165, 1.54) is 6.08 Å².